The highest BCUT2D eigenvalue weighted by atomic mass is 35.5. The van der Waals surface area contributed by atoms with Gasteiger partial charge >= 0.3 is 12.1 Å². The van der Waals surface area contributed by atoms with E-state index >= 15 is 0 Å². The van der Waals surface area contributed by atoms with Crippen LogP contribution < -0.4 is 4.74 Å². The van der Waals surface area contributed by atoms with Crippen LogP contribution in [0.15, 0.2) is 42.7 Å². The van der Waals surface area contributed by atoms with Crippen LogP contribution in [0.3, 0.4) is 0 Å². The lowest BCUT2D eigenvalue weighted by Gasteiger charge is -2.24. The Kier molecular flexibility index (Phi) is 5.77. The lowest BCUT2D eigenvalue weighted by atomic mass is 9.97. The molecule has 0 aliphatic carbocycles. The molecule has 0 spiro atoms. The third-order valence-electron chi connectivity index (χ3n) is 4.76. The third-order valence-corrected chi connectivity index (χ3v) is 4.94. The molecule has 0 radical (unpaired) electrons. The second-order valence-corrected chi connectivity index (χ2v) is 7.18. The SMILES string of the molecule is Cc1ccnc(Oc2ccc(-c3cnc(Cl)nc3C3=CCN(C(=O)O)CC3)cc2F)n1. The number of hydrogen-bond donors (Lipinski definition) is 1. The minimum absolute atomic E-state index is 0.0141. The molecule has 31 heavy (non-hydrogen) atoms. The molecule has 1 N–H and O–H groups in total. The summed E-state index contributed by atoms with van der Waals surface area (Å²) in [6.45, 7) is 2.36. The largest absolute Gasteiger partial charge is 0.465 e. The summed E-state index contributed by atoms with van der Waals surface area (Å²) >= 11 is 6.00. The minimum atomic E-state index is -0.980. The van der Waals surface area contributed by atoms with E-state index in [2.05, 4.69) is 19.9 Å². The molecule has 3 aromatic rings. The number of aryl methyl sites for hydroxylation is 1. The Labute approximate surface area is 182 Å². The maximum Gasteiger partial charge on any atom is 0.407 e. The van der Waals surface area contributed by atoms with Crippen LogP contribution in [0.4, 0.5) is 9.18 Å². The molecule has 1 aliphatic heterocycles. The first-order valence-corrected chi connectivity index (χ1v) is 9.76. The van der Waals surface area contributed by atoms with Crippen LogP contribution in [0.5, 0.6) is 11.8 Å². The average Bonchev–Trinajstić information content (AvgIpc) is 2.75. The van der Waals surface area contributed by atoms with Crippen LogP contribution >= 0.6 is 11.6 Å². The van der Waals surface area contributed by atoms with Gasteiger partial charge < -0.3 is 14.7 Å². The zero-order valence-corrected chi connectivity index (χ0v) is 17.2. The number of amides is 1. The third kappa shape index (κ3) is 4.61. The van der Waals surface area contributed by atoms with Gasteiger partial charge in [-0.3, -0.25) is 0 Å². The van der Waals surface area contributed by atoms with E-state index in [4.69, 9.17) is 21.4 Å². The van der Waals surface area contributed by atoms with E-state index < -0.39 is 11.9 Å². The highest BCUT2D eigenvalue weighted by molar-refractivity contribution is 6.28. The first kappa shape index (κ1) is 20.7. The number of ether oxygens (including phenoxy) is 1. The van der Waals surface area contributed by atoms with E-state index in [1.807, 2.05) is 0 Å². The molecule has 0 atom stereocenters. The molecule has 1 aromatic carbocycles. The van der Waals surface area contributed by atoms with Crippen molar-refractivity contribution in [2.75, 3.05) is 13.1 Å². The van der Waals surface area contributed by atoms with Crippen molar-refractivity contribution in [2.45, 2.75) is 13.3 Å². The van der Waals surface area contributed by atoms with Crippen LogP contribution in [-0.4, -0.2) is 49.1 Å². The average molecular weight is 442 g/mol. The van der Waals surface area contributed by atoms with Crippen molar-refractivity contribution in [1.29, 1.82) is 0 Å². The molecule has 0 saturated heterocycles. The Balaban J connectivity index is 1.66. The number of carbonyl (C=O) groups is 1. The van der Waals surface area contributed by atoms with Crippen molar-refractivity contribution in [3.63, 3.8) is 0 Å². The van der Waals surface area contributed by atoms with Crippen LogP contribution in [0.2, 0.25) is 5.28 Å². The Morgan fingerprint density at radius 3 is 2.77 bits per heavy atom. The maximum atomic E-state index is 14.8. The molecular formula is C21H17ClFN5O3. The van der Waals surface area contributed by atoms with Crippen LogP contribution in [-0.2, 0) is 0 Å². The summed E-state index contributed by atoms with van der Waals surface area (Å²) in [7, 11) is 0. The van der Waals surface area contributed by atoms with E-state index in [0.29, 0.717) is 35.5 Å². The number of halogens is 2. The number of hydrogen-bond acceptors (Lipinski definition) is 6. The van der Waals surface area contributed by atoms with Gasteiger partial charge in [0.25, 0.3) is 0 Å². The summed E-state index contributed by atoms with van der Waals surface area (Å²) in [5.74, 6) is -0.613. The fourth-order valence-electron chi connectivity index (χ4n) is 3.20. The van der Waals surface area contributed by atoms with Crippen molar-refractivity contribution in [3.05, 3.63) is 65.2 Å². The second kappa shape index (κ2) is 8.65. The van der Waals surface area contributed by atoms with E-state index in [1.165, 1.54) is 29.4 Å². The molecule has 158 valence electrons. The van der Waals surface area contributed by atoms with Gasteiger partial charge in [-0.05, 0) is 54.3 Å². The van der Waals surface area contributed by atoms with Crippen molar-refractivity contribution < 1.29 is 19.0 Å². The summed E-state index contributed by atoms with van der Waals surface area (Å²) in [5.41, 5.74) is 3.18. The smallest absolute Gasteiger partial charge is 0.407 e. The number of benzene rings is 1. The second-order valence-electron chi connectivity index (χ2n) is 6.84. The van der Waals surface area contributed by atoms with E-state index in [9.17, 15) is 9.18 Å². The maximum absolute atomic E-state index is 14.8. The summed E-state index contributed by atoms with van der Waals surface area (Å²) in [5, 5.41) is 9.19. The molecule has 0 saturated carbocycles. The first-order chi connectivity index (χ1) is 14.9. The summed E-state index contributed by atoms with van der Waals surface area (Å²) in [4.78, 5) is 28.9. The Bertz CT molecular complexity index is 1190. The van der Waals surface area contributed by atoms with Crippen LogP contribution in [0.25, 0.3) is 16.7 Å². The molecular weight excluding hydrogens is 425 g/mol. The zero-order valence-electron chi connectivity index (χ0n) is 16.4. The summed E-state index contributed by atoms with van der Waals surface area (Å²) in [6, 6.07) is 6.24. The Morgan fingerprint density at radius 2 is 2.10 bits per heavy atom. The Morgan fingerprint density at radius 1 is 1.26 bits per heavy atom. The summed E-state index contributed by atoms with van der Waals surface area (Å²) in [6.07, 6.45) is 4.31. The number of aromatic nitrogens is 4. The van der Waals surface area contributed by atoms with Crippen LogP contribution in [0, 0.1) is 12.7 Å². The highest BCUT2D eigenvalue weighted by Gasteiger charge is 2.21. The number of carboxylic acid groups (broad SMARTS) is 1. The molecule has 10 heteroatoms. The van der Waals surface area contributed by atoms with E-state index in [0.717, 1.165) is 5.57 Å². The molecule has 1 aliphatic rings. The molecule has 1 amide bonds. The monoisotopic (exact) mass is 441 g/mol. The fourth-order valence-corrected chi connectivity index (χ4v) is 3.33. The van der Waals surface area contributed by atoms with Gasteiger partial charge in [0.15, 0.2) is 11.6 Å². The molecule has 2 aromatic heterocycles. The van der Waals surface area contributed by atoms with E-state index in [-0.39, 0.29) is 23.6 Å². The van der Waals surface area contributed by atoms with E-state index in [1.54, 1.807) is 25.1 Å². The topological polar surface area (TPSA) is 101 Å². The van der Waals surface area contributed by atoms with Crippen molar-refractivity contribution >= 4 is 23.3 Å². The number of nitrogens with zero attached hydrogens (tertiary/aromatic N) is 5. The highest BCUT2D eigenvalue weighted by Crippen LogP contribution is 2.33. The van der Waals surface area contributed by atoms with Gasteiger partial charge in [-0.2, -0.15) is 0 Å². The van der Waals surface area contributed by atoms with Gasteiger partial charge in [-0.15, -0.1) is 0 Å². The van der Waals surface area contributed by atoms with Gasteiger partial charge in [0.1, 0.15) is 0 Å². The normalized spacial score (nSPS) is 13.6. The fraction of sp³-hybridized carbons (Fsp3) is 0.190. The standard InChI is InChI=1S/C21H17ClFN5O3/c1-12-4-7-24-20(26-12)31-17-3-2-14(10-16(17)23)15-11-25-19(22)27-18(15)13-5-8-28(9-6-13)21(29)30/h2-5,7,10-11H,6,8-9H2,1H3,(H,29,30). The van der Waals surface area contributed by atoms with Crippen molar-refractivity contribution in [1.82, 2.24) is 24.8 Å². The van der Waals surface area contributed by atoms with Crippen molar-refractivity contribution in [2.24, 2.45) is 0 Å². The minimum Gasteiger partial charge on any atom is -0.465 e. The molecule has 0 bridgehead atoms. The predicted octanol–water partition coefficient (Wildman–Crippen LogP) is 4.59. The van der Waals surface area contributed by atoms with Crippen LogP contribution in [0.1, 0.15) is 17.8 Å². The van der Waals surface area contributed by atoms with Gasteiger partial charge in [0.05, 0.1) is 5.69 Å². The van der Waals surface area contributed by atoms with Gasteiger partial charge in [0.2, 0.25) is 5.28 Å². The molecule has 3 heterocycles. The van der Waals surface area contributed by atoms with Gasteiger partial charge in [0, 0.05) is 36.7 Å². The Hall–Kier alpha value is -3.59. The molecule has 8 nitrogen and oxygen atoms in total. The van der Waals surface area contributed by atoms with Crippen molar-refractivity contribution in [3.8, 4) is 22.9 Å². The summed E-state index contributed by atoms with van der Waals surface area (Å²) < 4.78 is 20.2. The number of rotatable bonds is 4. The quantitative estimate of drug-likeness (QED) is 0.590. The zero-order chi connectivity index (χ0) is 22.0. The lowest BCUT2D eigenvalue weighted by molar-refractivity contribution is 0.150. The predicted molar refractivity (Wildman–Crippen MR) is 111 cm³/mol. The first-order valence-electron chi connectivity index (χ1n) is 9.38. The molecule has 0 fully saturated rings. The lowest BCUT2D eigenvalue weighted by Crippen LogP contribution is -2.33. The molecule has 0 unspecified atom stereocenters. The molecule has 4 rings (SSSR count). The van der Waals surface area contributed by atoms with Gasteiger partial charge in [-0.1, -0.05) is 12.1 Å². The van der Waals surface area contributed by atoms with Gasteiger partial charge in [-0.25, -0.2) is 29.1 Å².